The zero-order chi connectivity index (χ0) is 15.5. The first-order chi connectivity index (χ1) is 10.5. The lowest BCUT2D eigenvalue weighted by molar-refractivity contribution is -0.199. The number of rotatable bonds is 2. The fraction of sp³-hybridized carbons (Fsp3) is 0.615. The van der Waals surface area contributed by atoms with Crippen molar-refractivity contribution in [2.75, 3.05) is 6.61 Å². The van der Waals surface area contributed by atoms with Gasteiger partial charge in [-0.15, -0.1) is 0 Å². The number of nitrogens with one attached hydrogen (secondary N) is 1. The highest BCUT2D eigenvalue weighted by Crippen LogP contribution is 2.43. The number of imidazole rings is 1. The number of aromatic nitrogens is 4. The van der Waals surface area contributed by atoms with Gasteiger partial charge < -0.3 is 24.3 Å². The van der Waals surface area contributed by atoms with Gasteiger partial charge in [0.2, 0.25) is 0 Å². The van der Waals surface area contributed by atoms with Crippen LogP contribution in [-0.2, 0) is 14.2 Å². The third-order valence-electron chi connectivity index (χ3n) is 3.96. The van der Waals surface area contributed by atoms with Crippen LogP contribution in [0.1, 0.15) is 20.1 Å². The van der Waals surface area contributed by atoms with Crippen LogP contribution in [0.15, 0.2) is 12.7 Å². The lowest BCUT2D eigenvalue weighted by Crippen LogP contribution is -2.31. The number of hydrogen-bond acceptors (Lipinski definition) is 7. The van der Waals surface area contributed by atoms with Gasteiger partial charge in [-0.25, -0.2) is 9.97 Å². The first kappa shape index (κ1) is 14.2. The van der Waals surface area contributed by atoms with E-state index < -0.39 is 18.1 Å². The molecule has 9 heteroatoms. The highest BCUT2D eigenvalue weighted by atomic mass is 32.1. The maximum Gasteiger partial charge on any atom is 0.166 e. The number of nitrogens with zero attached hydrogens (tertiary/aromatic N) is 3. The molecule has 2 aliphatic rings. The molecular weight excluding hydrogens is 308 g/mol. The summed E-state index contributed by atoms with van der Waals surface area (Å²) in [5.41, 5.74) is 1.30. The second-order valence-corrected chi connectivity index (χ2v) is 6.26. The van der Waals surface area contributed by atoms with Crippen LogP contribution in [0.25, 0.3) is 11.2 Å². The molecule has 0 aliphatic carbocycles. The van der Waals surface area contributed by atoms with E-state index in [9.17, 15) is 5.11 Å². The van der Waals surface area contributed by atoms with Crippen molar-refractivity contribution >= 4 is 23.4 Å². The van der Waals surface area contributed by atoms with Crippen molar-refractivity contribution in [1.29, 1.82) is 0 Å². The number of ether oxygens (including phenoxy) is 3. The molecule has 2 saturated heterocycles. The molecule has 0 spiro atoms. The maximum absolute atomic E-state index is 9.54. The van der Waals surface area contributed by atoms with Crippen molar-refractivity contribution in [3.05, 3.63) is 17.3 Å². The van der Waals surface area contributed by atoms with E-state index in [1.807, 2.05) is 18.4 Å². The Morgan fingerprint density at radius 3 is 2.91 bits per heavy atom. The van der Waals surface area contributed by atoms with Gasteiger partial charge in [0.15, 0.2) is 16.7 Å². The summed E-state index contributed by atoms with van der Waals surface area (Å²) in [6, 6.07) is 0. The van der Waals surface area contributed by atoms with E-state index in [1.165, 1.54) is 6.33 Å². The second-order valence-electron chi connectivity index (χ2n) is 5.87. The van der Waals surface area contributed by atoms with Crippen LogP contribution in [0.3, 0.4) is 0 Å². The topological polar surface area (TPSA) is 94.4 Å². The second kappa shape index (κ2) is 4.80. The van der Waals surface area contributed by atoms with E-state index in [1.54, 1.807) is 6.33 Å². The minimum absolute atomic E-state index is 0.138. The van der Waals surface area contributed by atoms with Crippen molar-refractivity contribution in [3.63, 3.8) is 0 Å². The number of H-pyrrole nitrogens is 1. The predicted octanol–water partition coefficient (Wildman–Crippen LogP) is 0.899. The van der Waals surface area contributed by atoms with Gasteiger partial charge in [0.1, 0.15) is 29.5 Å². The quantitative estimate of drug-likeness (QED) is 0.793. The molecule has 4 atom stereocenters. The smallest absolute Gasteiger partial charge is 0.166 e. The molecule has 2 aliphatic heterocycles. The van der Waals surface area contributed by atoms with Crippen LogP contribution in [0.5, 0.6) is 0 Å². The van der Waals surface area contributed by atoms with E-state index in [0.717, 1.165) is 0 Å². The van der Waals surface area contributed by atoms with Crippen LogP contribution in [0, 0.1) is 4.64 Å². The van der Waals surface area contributed by atoms with Crippen molar-refractivity contribution in [2.45, 2.75) is 44.2 Å². The molecule has 0 bridgehead atoms. The third-order valence-corrected chi connectivity index (χ3v) is 4.26. The number of fused-ring (bicyclic) bond motifs is 2. The van der Waals surface area contributed by atoms with Gasteiger partial charge in [0.25, 0.3) is 0 Å². The Labute approximate surface area is 131 Å². The first-order valence-corrected chi connectivity index (χ1v) is 7.43. The van der Waals surface area contributed by atoms with Crippen molar-refractivity contribution in [3.8, 4) is 0 Å². The van der Waals surface area contributed by atoms with Gasteiger partial charge in [-0.1, -0.05) is 12.2 Å². The lowest BCUT2D eigenvalue weighted by Gasteiger charge is -2.24. The molecule has 0 aromatic carbocycles. The predicted molar refractivity (Wildman–Crippen MR) is 77.5 cm³/mol. The Morgan fingerprint density at radius 2 is 2.14 bits per heavy atom. The molecule has 4 heterocycles. The minimum atomic E-state index is -0.713. The Balaban J connectivity index is 1.78. The van der Waals surface area contributed by atoms with Crippen LogP contribution in [-0.4, -0.2) is 55.3 Å². The summed E-state index contributed by atoms with van der Waals surface area (Å²) in [4.78, 5) is 11.3. The van der Waals surface area contributed by atoms with Crippen molar-refractivity contribution < 1.29 is 19.3 Å². The van der Waals surface area contributed by atoms with E-state index >= 15 is 0 Å². The normalized spacial score (nSPS) is 33.4. The summed E-state index contributed by atoms with van der Waals surface area (Å²) in [7, 11) is 0. The average molecular weight is 324 g/mol. The largest absolute Gasteiger partial charge is 0.394 e. The van der Waals surface area contributed by atoms with Gasteiger partial charge in [-0.05, 0) is 13.8 Å². The zero-order valence-electron chi connectivity index (χ0n) is 12.1. The molecule has 2 aromatic rings. The summed E-state index contributed by atoms with van der Waals surface area (Å²) in [6.45, 7) is 3.56. The SMILES string of the molecule is CC1(C)O[C@H]2[C@H](O1)[C@@H](CO)O[C@H]2n1cnc2c(=S)nc[nH]c21. The van der Waals surface area contributed by atoms with E-state index in [2.05, 4.69) is 15.0 Å². The van der Waals surface area contributed by atoms with Crippen LogP contribution < -0.4 is 0 Å². The van der Waals surface area contributed by atoms with Gasteiger partial charge in [-0.2, -0.15) is 0 Å². The molecule has 0 amide bonds. The third kappa shape index (κ3) is 2.01. The van der Waals surface area contributed by atoms with Gasteiger partial charge >= 0.3 is 0 Å². The Bertz CT molecular complexity index is 773. The summed E-state index contributed by atoms with van der Waals surface area (Å²) in [6.07, 6.45) is 1.59. The average Bonchev–Trinajstić information content (AvgIpc) is 3.10. The summed E-state index contributed by atoms with van der Waals surface area (Å²) in [5.74, 6) is -0.713. The molecular formula is C13H16N4O4S. The Morgan fingerprint density at radius 1 is 1.36 bits per heavy atom. The van der Waals surface area contributed by atoms with Gasteiger partial charge in [0, 0.05) is 0 Å². The van der Waals surface area contributed by atoms with E-state index in [4.69, 9.17) is 26.4 Å². The van der Waals surface area contributed by atoms with Crippen molar-refractivity contribution in [2.24, 2.45) is 0 Å². The standard InChI is InChI=1S/C13H16N4O4S/c1-13(2)20-8-6(3-18)19-12(9(8)21-13)17-5-16-7-10(17)14-4-15-11(7)22/h4-6,8-9,12,18H,3H2,1-2H3,(H,14,15,22)/t6-,8-,9+,12-/m1/s1. The highest BCUT2D eigenvalue weighted by Gasteiger charge is 2.55. The van der Waals surface area contributed by atoms with Gasteiger partial charge in [0.05, 0.1) is 19.3 Å². The molecule has 0 unspecified atom stereocenters. The number of hydrogen-bond donors (Lipinski definition) is 2. The maximum atomic E-state index is 9.54. The van der Waals surface area contributed by atoms with Crippen LogP contribution in [0.2, 0.25) is 0 Å². The number of aliphatic hydroxyl groups excluding tert-OH is 1. The van der Waals surface area contributed by atoms with Gasteiger partial charge in [-0.3, -0.25) is 4.57 Å². The van der Waals surface area contributed by atoms with E-state index in [-0.39, 0.29) is 18.8 Å². The molecule has 2 fully saturated rings. The fourth-order valence-corrected chi connectivity index (χ4v) is 3.30. The number of aromatic amines is 1. The zero-order valence-corrected chi connectivity index (χ0v) is 12.9. The molecule has 8 nitrogen and oxygen atoms in total. The van der Waals surface area contributed by atoms with Crippen LogP contribution >= 0.6 is 12.2 Å². The molecule has 2 aromatic heterocycles. The molecule has 4 rings (SSSR count). The first-order valence-electron chi connectivity index (χ1n) is 7.02. The number of aliphatic hydroxyl groups is 1. The molecule has 0 saturated carbocycles. The van der Waals surface area contributed by atoms with Crippen LogP contribution in [0.4, 0.5) is 0 Å². The molecule has 118 valence electrons. The summed E-state index contributed by atoms with van der Waals surface area (Å²) in [5, 5.41) is 9.54. The Hall–Kier alpha value is -1.39. The monoisotopic (exact) mass is 324 g/mol. The van der Waals surface area contributed by atoms with E-state index in [0.29, 0.717) is 15.8 Å². The lowest BCUT2D eigenvalue weighted by atomic mass is 10.1. The minimum Gasteiger partial charge on any atom is -0.394 e. The fourth-order valence-electron chi connectivity index (χ4n) is 3.10. The highest BCUT2D eigenvalue weighted by molar-refractivity contribution is 7.71. The summed E-state index contributed by atoms with van der Waals surface area (Å²) < 4.78 is 20.0. The molecule has 2 N–H and O–H groups in total. The Kier molecular flexibility index (Phi) is 3.10. The summed E-state index contributed by atoms with van der Waals surface area (Å²) >= 11 is 5.17. The van der Waals surface area contributed by atoms with Crippen molar-refractivity contribution in [1.82, 2.24) is 19.5 Å². The molecule has 22 heavy (non-hydrogen) atoms. The molecule has 0 radical (unpaired) electrons.